The van der Waals surface area contributed by atoms with Crippen LogP contribution in [0.5, 0.6) is 0 Å². The van der Waals surface area contributed by atoms with Crippen molar-refractivity contribution in [3.05, 3.63) is 29.3 Å². The van der Waals surface area contributed by atoms with E-state index in [1.54, 1.807) is 0 Å². The third-order valence-electron chi connectivity index (χ3n) is 1.29. The highest BCUT2D eigenvalue weighted by Gasteiger charge is 2.37. The molecule has 0 aliphatic carbocycles. The Morgan fingerprint density at radius 3 is 2.07 bits per heavy atom. The Morgan fingerprint density at radius 1 is 1.14 bits per heavy atom. The molecule has 0 spiro atoms. The van der Waals surface area contributed by atoms with Gasteiger partial charge in [-0.25, -0.2) is 0 Å². The normalized spacial score (nSPS) is 10.6. The summed E-state index contributed by atoms with van der Waals surface area (Å²) in [6, 6.07) is 5.45. The highest BCUT2D eigenvalue weighted by Crippen LogP contribution is 2.34. The molecule has 0 aliphatic rings. The summed E-state index contributed by atoms with van der Waals surface area (Å²) in [6.45, 7) is 0. The van der Waals surface area contributed by atoms with E-state index in [9.17, 15) is 13.2 Å². The molecule has 1 nitrogen and oxygen atoms in total. The average molecular weight is 266 g/mol. The summed E-state index contributed by atoms with van der Waals surface area (Å²) < 4.78 is 35.8. The van der Waals surface area contributed by atoms with E-state index < -0.39 is 6.30 Å². The highest BCUT2D eigenvalue weighted by atomic mass is 35.5. The first-order chi connectivity index (χ1) is 5.93. The van der Waals surface area contributed by atoms with E-state index in [-0.39, 0.29) is 27.5 Å². The van der Waals surface area contributed by atoms with Gasteiger partial charge in [0.2, 0.25) is 0 Å². The van der Waals surface area contributed by atoms with E-state index in [1.165, 1.54) is 24.3 Å². The molecule has 0 amide bonds. The molecule has 0 atom stereocenters. The van der Waals surface area contributed by atoms with E-state index in [1.807, 2.05) is 0 Å². The minimum absolute atomic E-state index is 0. The van der Waals surface area contributed by atoms with Crippen LogP contribution in [0.2, 0.25) is 5.02 Å². The fourth-order valence-corrected chi connectivity index (χ4v) is 1.16. The van der Waals surface area contributed by atoms with Crippen molar-refractivity contribution >= 4 is 41.5 Å². The lowest BCUT2D eigenvalue weighted by molar-refractivity contribution is -0.115. The van der Waals surface area contributed by atoms with Crippen LogP contribution >= 0.6 is 35.8 Å². The number of para-hydroxylation sites is 1. The molecular weight excluding hydrogens is 261 g/mol. The quantitative estimate of drug-likeness (QED) is 0.543. The van der Waals surface area contributed by atoms with Crippen molar-refractivity contribution in [3.8, 4) is 0 Å². The van der Waals surface area contributed by atoms with E-state index in [2.05, 4.69) is 0 Å². The van der Waals surface area contributed by atoms with Gasteiger partial charge >= 0.3 is 6.30 Å². The van der Waals surface area contributed by atoms with E-state index in [0.717, 1.165) is 0 Å². The van der Waals surface area contributed by atoms with Crippen molar-refractivity contribution < 1.29 is 13.2 Å². The summed E-state index contributed by atoms with van der Waals surface area (Å²) in [7, 11) is 0. The monoisotopic (exact) mass is 265 g/mol. The van der Waals surface area contributed by atoms with Crippen LogP contribution in [0.3, 0.4) is 0 Å². The molecule has 1 aromatic carbocycles. The van der Waals surface area contributed by atoms with Gasteiger partial charge in [0.05, 0.1) is 10.7 Å². The van der Waals surface area contributed by atoms with Crippen molar-refractivity contribution in [2.75, 3.05) is 4.42 Å². The minimum atomic E-state index is -4.63. The van der Waals surface area contributed by atoms with Gasteiger partial charge in [0.15, 0.2) is 0 Å². The fourth-order valence-electron chi connectivity index (χ4n) is 0.748. The average Bonchev–Trinajstić information content (AvgIpc) is 2.02. The molecule has 0 heterocycles. The summed E-state index contributed by atoms with van der Waals surface area (Å²) in [5, 5.41) is -0.0465. The largest absolute Gasteiger partial charge is 0.499 e. The molecule has 0 N–H and O–H groups in total. The Bertz CT molecular complexity index is 302. The van der Waals surface area contributed by atoms with Crippen molar-refractivity contribution in [2.45, 2.75) is 6.30 Å². The van der Waals surface area contributed by atoms with Crippen LogP contribution < -0.4 is 4.42 Å². The molecule has 80 valence electrons. The maximum absolute atomic E-state index is 12.1. The summed E-state index contributed by atoms with van der Waals surface area (Å²) in [5.74, 6) is 0. The molecule has 0 bridgehead atoms. The van der Waals surface area contributed by atoms with E-state index in [4.69, 9.17) is 23.4 Å². The van der Waals surface area contributed by atoms with Gasteiger partial charge in [-0.15, -0.1) is 25.6 Å². The predicted molar refractivity (Wildman–Crippen MR) is 53.1 cm³/mol. The van der Waals surface area contributed by atoms with Crippen LogP contribution in [-0.4, -0.2) is 6.30 Å². The third-order valence-corrected chi connectivity index (χ3v) is 1.98. The molecule has 14 heavy (non-hydrogen) atoms. The molecule has 0 aromatic heterocycles. The van der Waals surface area contributed by atoms with Crippen molar-refractivity contribution in [2.24, 2.45) is 0 Å². The molecule has 0 fully saturated rings. The van der Waals surface area contributed by atoms with Crippen LogP contribution in [0.25, 0.3) is 0 Å². The first-order valence-corrected chi connectivity index (χ1v) is 3.92. The van der Waals surface area contributed by atoms with Crippen LogP contribution in [-0.2, 0) is 0 Å². The Labute approximate surface area is 94.9 Å². The van der Waals surface area contributed by atoms with Crippen molar-refractivity contribution in [1.29, 1.82) is 0 Å². The number of nitrogens with zero attached hydrogens (tertiary/aromatic N) is 1. The maximum atomic E-state index is 12.1. The summed E-state index contributed by atoms with van der Waals surface area (Å²) in [5.41, 5.74) is -0.279. The van der Waals surface area contributed by atoms with Crippen LogP contribution in [0, 0.1) is 0 Å². The molecule has 0 unspecified atom stereocenters. The Balaban J connectivity index is 0.00000169. The van der Waals surface area contributed by atoms with Gasteiger partial charge < -0.3 is 0 Å². The fraction of sp³-hybridized carbons (Fsp3) is 0.143. The first-order valence-electron chi connectivity index (χ1n) is 3.20. The van der Waals surface area contributed by atoms with E-state index >= 15 is 0 Å². The third kappa shape index (κ3) is 3.12. The number of benzene rings is 1. The van der Waals surface area contributed by atoms with Gasteiger partial charge in [0, 0.05) is 11.8 Å². The number of hydrogen-bond donors (Lipinski definition) is 0. The lowest BCUT2D eigenvalue weighted by Gasteiger charge is -2.19. The molecule has 7 heteroatoms. The number of rotatable bonds is 1. The molecule has 1 aromatic rings. The number of alkyl halides is 3. The topological polar surface area (TPSA) is 3.24 Å². The number of hydrogen-bond acceptors (Lipinski definition) is 1. The zero-order valence-electron chi connectivity index (χ0n) is 6.55. The maximum Gasteiger partial charge on any atom is 0.499 e. The summed E-state index contributed by atoms with van der Waals surface area (Å²) in [6.07, 6.45) is -4.63. The zero-order valence-corrected chi connectivity index (χ0v) is 8.88. The molecule has 0 saturated carbocycles. The second-order valence-electron chi connectivity index (χ2n) is 2.20. The van der Waals surface area contributed by atoms with Gasteiger partial charge in [0.1, 0.15) is 0 Å². The lowest BCUT2D eigenvalue weighted by Crippen LogP contribution is -2.29. The van der Waals surface area contributed by atoms with Gasteiger partial charge in [0.25, 0.3) is 0 Å². The van der Waals surface area contributed by atoms with E-state index in [0.29, 0.717) is 0 Å². The van der Waals surface area contributed by atoms with Gasteiger partial charge in [-0.2, -0.15) is 4.42 Å². The van der Waals surface area contributed by atoms with Crippen LogP contribution in [0.15, 0.2) is 24.3 Å². The summed E-state index contributed by atoms with van der Waals surface area (Å²) in [4.78, 5) is 0. The second kappa shape index (κ2) is 4.96. The van der Waals surface area contributed by atoms with Gasteiger partial charge in [-0.1, -0.05) is 23.7 Å². The Kier molecular flexibility index (Phi) is 4.84. The first kappa shape index (κ1) is 13.7. The van der Waals surface area contributed by atoms with Gasteiger partial charge in [-0.05, 0) is 12.1 Å². The van der Waals surface area contributed by atoms with Crippen molar-refractivity contribution in [1.82, 2.24) is 0 Å². The predicted octanol–water partition coefficient (Wildman–Crippen LogP) is 4.24. The number of anilines is 1. The highest BCUT2D eigenvalue weighted by molar-refractivity contribution is 6.36. The van der Waals surface area contributed by atoms with Crippen LogP contribution in [0.4, 0.5) is 18.9 Å². The molecule has 0 radical (unpaired) electrons. The van der Waals surface area contributed by atoms with Crippen molar-refractivity contribution in [3.63, 3.8) is 0 Å². The lowest BCUT2D eigenvalue weighted by atomic mass is 10.3. The molecule has 0 saturated heterocycles. The smallest absolute Gasteiger partial charge is 0.191 e. The Hall–Kier alpha value is -0.320. The second-order valence-corrected chi connectivity index (χ2v) is 2.95. The molecule has 0 aliphatic heterocycles. The Morgan fingerprint density at radius 2 is 1.64 bits per heavy atom. The minimum Gasteiger partial charge on any atom is -0.191 e. The molecule has 1 rings (SSSR count). The van der Waals surface area contributed by atoms with Gasteiger partial charge in [-0.3, -0.25) is 0 Å². The van der Waals surface area contributed by atoms with Crippen LogP contribution in [0.1, 0.15) is 0 Å². The molecular formula is C7H5Cl3F3N. The SMILES string of the molecule is Cl.FC(F)(F)N(Cl)c1ccccc1Cl. The zero-order chi connectivity index (χ0) is 10.1. The summed E-state index contributed by atoms with van der Waals surface area (Å²) >= 11 is 10.5. The standard InChI is InChI=1S/C7H4Cl2F3N.ClH/c8-5-3-1-2-4-6(5)13(9)7(10,11)12;/h1-4H;1H. The number of halogens is 6.